The van der Waals surface area contributed by atoms with Crippen LogP contribution in [0.15, 0.2) is 51.2 Å². The van der Waals surface area contributed by atoms with Crippen molar-refractivity contribution >= 4 is 110 Å². The molecule has 0 fully saturated rings. The molecule has 0 bridgehead atoms. The summed E-state index contributed by atoms with van der Waals surface area (Å²) in [6.45, 7) is -0.216. The highest BCUT2D eigenvalue weighted by molar-refractivity contribution is 7.95. The van der Waals surface area contributed by atoms with Crippen LogP contribution in [0, 0.1) is 0 Å². The molecule has 0 unspecified atom stereocenters. The molecule has 4 rings (SSSR count). The minimum absolute atomic E-state index is 0.0466. The molecule has 2 aromatic heterocycles. The van der Waals surface area contributed by atoms with E-state index in [2.05, 4.69) is 69.6 Å². The van der Waals surface area contributed by atoms with Crippen molar-refractivity contribution in [1.82, 2.24) is 29.9 Å². The average Bonchev–Trinajstić information content (AvgIpc) is 3.05. The van der Waals surface area contributed by atoms with Crippen LogP contribution in [-0.4, -0.2) is 90.6 Å². The van der Waals surface area contributed by atoms with E-state index < -0.39 is 30.9 Å². The van der Waals surface area contributed by atoms with E-state index in [0.717, 1.165) is 6.07 Å². The molecule has 28 heteroatoms. The Bertz CT molecular complexity index is 2150. The lowest BCUT2D eigenvalue weighted by molar-refractivity contribution is -0.432. The van der Waals surface area contributed by atoms with Gasteiger partial charge in [0, 0.05) is 41.1 Å². The number of hydrogen-bond acceptors (Lipinski definition) is 24. The van der Waals surface area contributed by atoms with Crippen molar-refractivity contribution in [2.45, 2.75) is 9.79 Å². The number of aromatic nitrogens is 6. The second kappa shape index (κ2) is 18.6. The molecule has 4 aromatic rings. The largest absolute Gasteiger partial charge is 0.368 e. The smallest absolute Gasteiger partial charge is 0.295 e. The Morgan fingerprint density at radius 2 is 1.40 bits per heavy atom. The van der Waals surface area contributed by atoms with Crippen LogP contribution >= 0.6 is 24.1 Å². The van der Waals surface area contributed by atoms with E-state index in [-0.39, 0.29) is 59.2 Å². The third-order valence-electron chi connectivity index (χ3n) is 5.78. The summed E-state index contributed by atoms with van der Waals surface area (Å²) >= 11 is 1.29. The van der Waals surface area contributed by atoms with E-state index in [4.69, 9.17) is 26.5 Å². The molecule has 0 saturated heterocycles. The molecule has 52 heavy (non-hydrogen) atoms. The maximum atomic E-state index is 12.4. The SMILES string of the molecule is Nc1nc(/N=C\CSOOO)nc(Nc2ccc(C=Cc3ccc(Nc4nc(N)nc(NCCS(=O)(=O)O)n4)cc3SOOO)c(S(=O)(=O)O)c2)n1. The van der Waals surface area contributed by atoms with Gasteiger partial charge in [0.05, 0.1) is 23.5 Å². The molecule has 2 aromatic carbocycles. The van der Waals surface area contributed by atoms with E-state index in [1.807, 2.05) is 0 Å². The first-order valence-corrected chi connectivity index (χ1v) is 18.4. The molecule has 0 aliphatic rings. The summed E-state index contributed by atoms with van der Waals surface area (Å²) in [5.74, 6) is -1.21. The normalized spacial score (nSPS) is 12.1. The fourth-order valence-electron chi connectivity index (χ4n) is 3.80. The molecule has 24 nitrogen and oxygen atoms in total. The van der Waals surface area contributed by atoms with Gasteiger partial charge >= 0.3 is 0 Å². The van der Waals surface area contributed by atoms with Gasteiger partial charge in [0.2, 0.25) is 29.7 Å². The molecule has 0 saturated carbocycles. The average molecular weight is 803 g/mol. The minimum atomic E-state index is -4.78. The van der Waals surface area contributed by atoms with Crippen molar-refractivity contribution in [1.29, 1.82) is 0 Å². The number of nitrogens with two attached hydrogens (primary N) is 2. The maximum absolute atomic E-state index is 12.4. The van der Waals surface area contributed by atoms with Crippen molar-refractivity contribution in [3.63, 3.8) is 0 Å². The first-order valence-electron chi connectivity index (χ1n) is 13.7. The number of nitrogens with one attached hydrogen (secondary N) is 3. The summed E-state index contributed by atoms with van der Waals surface area (Å²) in [4.78, 5) is 27.6. The van der Waals surface area contributed by atoms with Crippen LogP contribution in [0.1, 0.15) is 11.1 Å². The standard InChI is InChI=1S/C24H26N12O12S4/c25-19-31-21(27-7-9-49-47-45-37)35-24(34-19)30-16-6-4-14(18(12-16)52(42,43)44)2-1-13-3-5-15(11-17(13)50-48-46-38)29-23-33-20(26)32-22(36-23)28-8-10-51(39,40)41/h1-7,11-12,37-38H,8-10H2,(H,39,40,41)(H,42,43,44)(H3,25,30,31,34,35)(H4,26,28,29,32,33,36)/b2-1?,27-7-. The third-order valence-corrected chi connectivity index (χ3v) is 8.51. The Hall–Kier alpha value is -4.85. The Labute approximate surface area is 301 Å². The first-order chi connectivity index (χ1) is 24.7. The first kappa shape index (κ1) is 39.9. The van der Waals surface area contributed by atoms with Crippen LogP contribution in [0.2, 0.25) is 0 Å². The maximum Gasteiger partial charge on any atom is 0.295 e. The Morgan fingerprint density at radius 3 is 2.08 bits per heavy atom. The zero-order valence-electron chi connectivity index (χ0n) is 25.8. The lowest BCUT2D eigenvalue weighted by Crippen LogP contribution is -2.17. The van der Waals surface area contributed by atoms with Crippen molar-refractivity contribution in [3.05, 3.63) is 47.5 Å². The number of nitrogens with zero attached hydrogens (tertiary/aromatic N) is 7. The number of nitrogen functional groups attached to an aromatic ring is 2. The van der Waals surface area contributed by atoms with E-state index >= 15 is 0 Å². The number of aliphatic imine (C=N–C) groups is 1. The molecule has 2 heterocycles. The topological polar surface area (TPSA) is 364 Å². The molecule has 0 aliphatic heterocycles. The van der Waals surface area contributed by atoms with E-state index in [1.54, 1.807) is 12.1 Å². The fourth-order valence-corrected chi connectivity index (χ4v) is 5.61. The van der Waals surface area contributed by atoms with Gasteiger partial charge in [-0.15, -0.1) is 8.67 Å². The summed E-state index contributed by atoms with van der Waals surface area (Å²) in [5, 5.41) is 32.3. The van der Waals surface area contributed by atoms with Gasteiger partial charge < -0.3 is 27.4 Å². The number of anilines is 7. The summed E-state index contributed by atoms with van der Waals surface area (Å²) in [7, 11) is -9.01. The molecule has 0 aliphatic carbocycles. The van der Waals surface area contributed by atoms with Crippen LogP contribution in [0.5, 0.6) is 0 Å². The zero-order chi connectivity index (χ0) is 37.7. The highest BCUT2D eigenvalue weighted by atomic mass is 32.2. The predicted molar refractivity (Wildman–Crippen MR) is 188 cm³/mol. The van der Waals surface area contributed by atoms with Gasteiger partial charge in [-0.2, -0.15) is 46.7 Å². The summed E-state index contributed by atoms with van der Waals surface area (Å²) < 4.78 is 74.5. The van der Waals surface area contributed by atoms with Gasteiger partial charge in [0.15, 0.2) is 0 Å². The van der Waals surface area contributed by atoms with E-state index in [9.17, 15) is 21.4 Å². The van der Waals surface area contributed by atoms with Crippen molar-refractivity contribution in [2.75, 3.05) is 45.5 Å². The van der Waals surface area contributed by atoms with Gasteiger partial charge in [0.1, 0.15) is 4.90 Å². The van der Waals surface area contributed by atoms with Crippen molar-refractivity contribution < 1.29 is 55.2 Å². The van der Waals surface area contributed by atoms with Crippen LogP contribution in [0.25, 0.3) is 12.2 Å². The molecule has 0 amide bonds. The van der Waals surface area contributed by atoms with Gasteiger partial charge in [-0.25, -0.2) is 15.5 Å². The summed E-state index contributed by atoms with van der Waals surface area (Å²) in [5.41, 5.74) is 12.5. The van der Waals surface area contributed by atoms with Gasteiger partial charge in [-0.1, -0.05) is 34.4 Å². The quantitative estimate of drug-likeness (QED) is 0.0125. The molecule has 0 spiro atoms. The van der Waals surface area contributed by atoms with Crippen molar-refractivity contribution in [2.24, 2.45) is 4.99 Å². The molecule has 0 atom stereocenters. The second-order valence-corrected chi connectivity index (χ2v) is 13.8. The van der Waals surface area contributed by atoms with E-state index in [0.29, 0.717) is 40.2 Å². The zero-order valence-corrected chi connectivity index (χ0v) is 29.1. The van der Waals surface area contributed by atoms with Crippen LogP contribution < -0.4 is 27.4 Å². The number of hydrogen-bond donors (Lipinski definition) is 9. The third kappa shape index (κ3) is 13.0. The van der Waals surface area contributed by atoms with Gasteiger partial charge in [-0.05, 0) is 35.4 Å². The second-order valence-electron chi connectivity index (χ2n) is 9.40. The van der Waals surface area contributed by atoms with E-state index in [1.165, 1.54) is 36.6 Å². The number of rotatable bonds is 19. The highest BCUT2D eigenvalue weighted by Gasteiger charge is 2.17. The molecular weight excluding hydrogens is 777 g/mol. The monoisotopic (exact) mass is 802 g/mol. The summed E-state index contributed by atoms with van der Waals surface area (Å²) in [6, 6.07) is 8.63. The molecule has 11 N–H and O–H groups in total. The lowest BCUT2D eigenvalue weighted by Gasteiger charge is -2.11. The Morgan fingerprint density at radius 1 is 0.788 bits per heavy atom. The minimum Gasteiger partial charge on any atom is -0.368 e. The highest BCUT2D eigenvalue weighted by Crippen LogP contribution is 2.31. The molecule has 278 valence electrons. The molecular formula is C24H26N12O12S4. The van der Waals surface area contributed by atoms with Crippen LogP contribution in [0.4, 0.5) is 47.1 Å². The Kier molecular flexibility index (Phi) is 14.3. The Balaban J connectivity index is 1.56. The molecule has 0 radical (unpaired) electrons. The fraction of sp³-hybridized carbons (Fsp3) is 0.125. The lowest BCUT2D eigenvalue weighted by atomic mass is 10.1. The van der Waals surface area contributed by atoms with Gasteiger partial charge in [0.25, 0.3) is 26.2 Å². The van der Waals surface area contributed by atoms with Crippen molar-refractivity contribution in [3.8, 4) is 0 Å². The van der Waals surface area contributed by atoms with Crippen LogP contribution in [-0.2, 0) is 39.0 Å². The summed E-state index contributed by atoms with van der Waals surface area (Å²) in [6.07, 6.45) is 4.19. The number of benzene rings is 2. The van der Waals surface area contributed by atoms with Gasteiger partial charge in [-0.3, -0.25) is 9.11 Å². The predicted octanol–water partition coefficient (Wildman–Crippen LogP) is 2.62. The van der Waals surface area contributed by atoms with Crippen LogP contribution in [0.3, 0.4) is 0 Å².